The zero-order valence-electron chi connectivity index (χ0n) is 12.2. The average molecular weight is 340 g/mol. The maximum atomic E-state index is 10.8. The van der Waals surface area contributed by atoms with Crippen molar-refractivity contribution in [3.05, 3.63) is 38.8 Å². The summed E-state index contributed by atoms with van der Waals surface area (Å²) in [5.74, 6) is 0.455. The second-order valence-electron chi connectivity index (χ2n) is 4.75. The number of aromatic nitrogens is 3. The number of halogens is 2. The van der Waals surface area contributed by atoms with Crippen LogP contribution in [-0.2, 0) is 17.8 Å². The van der Waals surface area contributed by atoms with Gasteiger partial charge in [0.25, 0.3) is 0 Å². The molecule has 0 aromatic carbocycles. The molecule has 0 saturated heterocycles. The molecule has 2 heterocycles. The molecular weight excluding hydrogens is 325 g/mol. The Hall–Kier alpha value is -1.92. The predicted octanol–water partition coefficient (Wildman–Crippen LogP) is 2.73. The Bertz CT molecular complexity index is 721. The Balaban J connectivity index is 2.28. The molecule has 0 bridgehead atoms. The van der Waals surface area contributed by atoms with E-state index >= 15 is 0 Å². The first kappa shape index (κ1) is 16.5. The van der Waals surface area contributed by atoms with Gasteiger partial charge in [-0.3, -0.25) is 4.98 Å². The summed E-state index contributed by atoms with van der Waals surface area (Å²) in [6.07, 6.45) is 2.54. The van der Waals surface area contributed by atoms with Crippen LogP contribution in [0.1, 0.15) is 22.4 Å². The molecule has 0 aliphatic heterocycles. The van der Waals surface area contributed by atoms with Crippen LogP contribution in [0.5, 0.6) is 0 Å². The first-order chi connectivity index (χ1) is 10.4. The van der Waals surface area contributed by atoms with Gasteiger partial charge >= 0.3 is 0 Å². The van der Waals surface area contributed by atoms with Crippen LogP contribution in [0.15, 0.2) is 6.20 Å². The third-order valence-corrected chi connectivity index (χ3v) is 4.10. The summed E-state index contributed by atoms with van der Waals surface area (Å²) in [7, 11) is 0. The minimum absolute atomic E-state index is 0.0359. The molecule has 22 heavy (non-hydrogen) atoms. The van der Waals surface area contributed by atoms with E-state index in [4.69, 9.17) is 28.9 Å². The number of rotatable bonds is 5. The number of nitrogens with one attached hydrogen (secondary N) is 1. The van der Waals surface area contributed by atoms with E-state index in [1.807, 2.05) is 13.8 Å². The third-order valence-electron chi connectivity index (χ3n) is 3.21. The molecule has 0 aliphatic rings. The van der Waals surface area contributed by atoms with Crippen molar-refractivity contribution >= 4 is 41.3 Å². The van der Waals surface area contributed by atoms with E-state index in [-0.39, 0.29) is 17.5 Å². The number of anilines is 2. The van der Waals surface area contributed by atoms with Crippen molar-refractivity contribution in [2.75, 3.05) is 11.1 Å². The number of hydrogen-bond acceptors (Lipinski definition) is 6. The summed E-state index contributed by atoms with van der Waals surface area (Å²) in [5, 5.41) is 3.93. The van der Waals surface area contributed by atoms with Crippen molar-refractivity contribution in [3.8, 4) is 0 Å². The summed E-state index contributed by atoms with van der Waals surface area (Å²) in [5.41, 5.74) is 8.68. The summed E-state index contributed by atoms with van der Waals surface area (Å²) >= 11 is 12.2. The maximum absolute atomic E-state index is 10.8. The molecule has 0 unspecified atom stereocenters. The molecule has 2 rings (SSSR count). The molecule has 0 atom stereocenters. The summed E-state index contributed by atoms with van der Waals surface area (Å²) in [6.45, 7) is 4.17. The summed E-state index contributed by atoms with van der Waals surface area (Å²) in [4.78, 5) is 23.1. The highest BCUT2D eigenvalue weighted by atomic mass is 35.5. The number of carbonyl (C=O) groups is 1. The number of nitrogens with two attached hydrogens (primary N) is 1. The molecule has 2 aromatic rings. The molecule has 3 N–H and O–H groups in total. The second kappa shape index (κ2) is 6.89. The molecule has 0 radical (unpaired) electrons. The molecule has 0 fully saturated rings. The minimum Gasteiger partial charge on any atom is -0.368 e. The van der Waals surface area contributed by atoms with Crippen molar-refractivity contribution < 1.29 is 4.79 Å². The maximum Gasteiger partial charge on any atom is 0.223 e. The van der Waals surface area contributed by atoms with Gasteiger partial charge in [-0.05, 0) is 25.0 Å². The lowest BCUT2D eigenvalue weighted by atomic mass is 10.1. The van der Waals surface area contributed by atoms with Crippen LogP contribution in [0.2, 0.25) is 10.2 Å². The van der Waals surface area contributed by atoms with Gasteiger partial charge in [0.05, 0.1) is 12.2 Å². The molecule has 0 amide bonds. The number of hydrogen-bond donors (Lipinski definition) is 2. The van der Waals surface area contributed by atoms with Gasteiger partial charge in [0.2, 0.25) is 5.95 Å². The normalized spacial score (nSPS) is 10.5. The smallest absolute Gasteiger partial charge is 0.223 e. The Morgan fingerprint density at radius 2 is 2.05 bits per heavy atom. The van der Waals surface area contributed by atoms with E-state index < -0.39 is 0 Å². The number of aryl methyl sites for hydroxylation is 1. The molecule has 0 spiro atoms. The molecule has 6 nitrogen and oxygen atoms in total. The van der Waals surface area contributed by atoms with Gasteiger partial charge in [0.1, 0.15) is 17.3 Å². The van der Waals surface area contributed by atoms with Crippen molar-refractivity contribution in [2.24, 2.45) is 0 Å². The predicted molar refractivity (Wildman–Crippen MR) is 87.3 cm³/mol. The zero-order chi connectivity index (χ0) is 16.3. The van der Waals surface area contributed by atoms with Crippen LogP contribution in [0.4, 0.5) is 11.8 Å². The topological polar surface area (TPSA) is 93.8 Å². The number of nitrogen functional groups attached to an aromatic ring is 1. The fourth-order valence-corrected chi connectivity index (χ4v) is 2.39. The lowest BCUT2D eigenvalue weighted by Gasteiger charge is -2.13. The van der Waals surface area contributed by atoms with Crippen LogP contribution >= 0.6 is 23.2 Å². The highest BCUT2D eigenvalue weighted by Gasteiger charge is 2.13. The Morgan fingerprint density at radius 1 is 1.32 bits per heavy atom. The Morgan fingerprint density at radius 3 is 2.73 bits per heavy atom. The lowest BCUT2D eigenvalue weighted by molar-refractivity contribution is -0.107. The Labute approximate surface area is 138 Å². The molecule has 0 saturated carbocycles. The minimum atomic E-state index is 0.0359. The summed E-state index contributed by atoms with van der Waals surface area (Å²) < 4.78 is 0. The van der Waals surface area contributed by atoms with Crippen LogP contribution < -0.4 is 11.1 Å². The van der Waals surface area contributed by atoms with Crippen LogP contribution in [0.3, 0.4) is 0 Å². The van der Waals surface area contributed by atoms with Crippen LogP contribution in [0.25, 0.3) is 0 Å². The number of nitrogens with zero attached hydrogens (tertiary/aromatic N) is 3. The molecular formula is C14H15Cl2N5O. The van der Waals surface area contributed by atoms with E-state index in [9.17, 15) is 4.79 Å². The fraction of sp³-hybridized carbons (Fsp3) is 0.286. The van der Waals surface area contributed by atoms with Crippen molar-refractivity contribution in [3.63, 3.8) is 0 Å². The second-order valence-corrected chi connectivity index (χ2v) is 5.49. The third kappa shape index (κ3) is 3.45. The highest BCUT2D eigenvalue weighted by molar-refractivity contribution is 6.32. The average Bonchev–Trinajstić information content (AvgIpc) is 2.47. The van der Waals surface area contributed by atoms with Crippen LogP contribution in [0, 0.1) is 13.8 Å². The molecule has 116 valence electrons. The quantitative estimate of drug-likeness (QED) is 0.642. The van der Waals surface area contributed by atoms with E-state index in [1.165, 1.54) is 0 Å². The fourth-order valence-electron chi connectivity index (χ4n) is 1.98. The first-order valence-corrected chi connectivity index (χ1v) is 7.29. The molecule has 0 aliphatic carbocycles. The Kier molecular flexibility index (Phi) is 5.15. The zero-order valence-corrected chi connectivity index (χ0v) is 13.7. The van der Waals surface area contributed by atoms with E-state index in [2.05, 4.69) is 20.3 Å². The van der Waals surface area contributed by atoms with Gasteiger partial charge in [0.15, 0.2) is 0 Å². The van der Waals surface area contributed by atoms with Gasteiger partial charge in [-0.1, -0.05) is 23.2 Å². The van der Waals surface area contributed by atoms with Gasteiger partial charge < -0.3 is 15.8 Å². The van der Waals surface area contributed by atoms with E-state index in [0.29, 0.717) is 22.9 Å². The first-order valence-electron chi connectivity index (χ1n) is 6.54. The van der Waals surface area contributed by atoms with Crippen LogP contribution in [-0.4, -0.2) is 21.2 Å². The summed E-state index contributed by atoms with van der Waals surface area (Å²) in [6, 6.07) is 0. The standard InChI is InChI=1S/C14H15Cl2N5O/c1-7-5-18-10(8(2)11(7)15)6-19-13-9(3-4-22)12(16)20-14(17)21-13/h4-5H,3,6H2,1-2H3,(H3,17,19,20,21). The van der Waals surface area contributed by atoms with Crippen molar-refractivity contribution in [2.45, 2.75) is 26.8 Å². The number of carbonyl (C=O) groups excluding carboxylic acids is 1. The van der Waals surface area contributed by atoms with Crippen molar-refractivity contribution in [1.82, 2.24) is 15.0 Å². The lowest BCUT2D eigenvalue weighted by Crippen LogP contribution is -2.11. The van der Waals surface area contributed by atoms with Gasteiger partial charge in [0, 0.05) is 23.2 Å². The van der Waals surface area contributed by atoms with E-state index in [1.54, 1.807) is 6.20 Å². The number of aldehydes is 1. The van der Waals surface area contributed by atoms with Crippen molar-refractivity contribution in [1.29, 1.82) is 0 Å². The van der Waals surface area contributed by atoms with Gasteiger partial charge in [-0.2, -0.15) is 4.98 Å². The van der Waals surface area contributed by atoms with Gasteiger partial charge in [-0.15, -0.1) is 0 Å². The highest BCUT2D eigenvalue weighted by Crippen LogP contribution is 2.25. The largest absolute Gasteiger partial charge is 0.368 e. The number of pyridine rings is 1. The molecule has 2 aromatic heterocycles. The van der Waals surface area contributed by atoms with Gasteiger partial charge in [-0.25, -0.2) is 4.98 Å². The monoisotopic (exact) mass is 339 g/mol. The van der Waals surface area contributed by atoms with E-state index in [0.717, 1.165) is 23.1 Å². The molecule has 8 heteroatoms. The SMILES string of the molecule is Cc1cnc(CNc2nc(N)nc(Cl)c2CC=O)c(C)c1Cl.